The summed E-state index contributed by atoms with van der Waals surface area (Å²) in [7, 11) is 0. The van der Waals surface area contributed by atoms with Crippen LogP contribution in [0, 0.1) is 6.07 Å². The molecule has 6 heteroatoms. The van der Waals surface area contributed by atoms with Gasteiger partial charge in [-0.1, -0.05) is 42.5 Å². The number of pyridine rings is 1. The van der Waals surface area contributed by atoms with E-state index in [1.165, 1.54) is 10.9 Å². The van der Waals surface area contributed by atoms with E-state index >= 15 is 0 Å². The van der Waals surface area contributed by atoms with Crippen LogP contribution in [0.25, 0.3) is 55.4 Å². The first-order valence-corrected chi connectivity index (χ1v) is 12.8. The molecular weight excluding hydrogens is 665 g/mol. The summed E-state index contributed by atoms with van der Waals surface area (Å²) >= 11 is 0. The average molecular weight is 690 g/mol. The normalized spacial score (nSPS) is 11.3. The molecule has 0 spiro atoms. The van der Waals surface area contributed by atoms with Crippen LogP contribution in [0.4, 0.5) is 0 Å². The Bertz CT molecular complexity index is 1920. The second-order valence-electron chi connectivity index (χ2n) is 9.52. The number of imidazole rings is 1. The van der Waals surface area contributed by atoms with Crippen molar-refractivity contribution in [1.29, 1.82) is 0 Å². The molecule has 7 rings (SSSR count). The molecule has 3 heterocycles. The molecule has 3 aromatic heterocycles. The topological polar surface area (TPSA) is 74.9 Å². The number of rotatable bonds is 6. The summed E-state index contributed by atoms with van der Waals surface area (Å²) < 4.78 is 6.28. The summed E-state index contributed by atoms with van der Waals surface area (Å²) in [6, 6.07) is 29.3. The number of hydrogen-bond donors (Lipinski definition) is 2. The maximum absolute atomic E-state index is 11.6. The molecule has 5 nitrogen and oxygen atoms in total. The predicted octanol–water partition coefficient (Wildman–Crippen LogP) is 7.87. The van der Waals surface area contributed by atoms with E-state index in [-0.39, 0.29) is 26.8 Å². The number of furan rings is 1. The third-order valence-electron chi connectivity index (χ3n) is 7.16. The number of hydrogen-bond acceptors (Lipinski definition) is 4. The molecule has 0 amide bonds. The fourth-order valence-corrected chi connectivity index (χ4v) is 5.31. The van der Waals surface area contributed by atoms with E-state index in [0.717, 1.165) is 45.7 Å². The van der Waals surface area contributed by atoms with Gasteiger partial charge in [-0.2, -0.15) is 0 Å². The first kappa shape index (κ1) is 25.1. The summed E-state index contributed by atoms with van der Waals surface area (Å²) in [6.07, 6.45) is 8.12. The molecule has 0 atom stereocenters. The number of aromatic nitrogens is 3. The number of phenols is 1. The van der Waals surface area contributed by atoms with Crippen LogP contribution >= 0.6 is 0 Å². The van der Waals surface area contributed by atoms with Crippen molar-refractivity contribution in [3.05, 3.63) is 115 Å². The van der Waals surface area contributed by atoms with Gasteiger partial charge >= 0.3 is 0 Å². The first-order chi connectivity index (χ1) is 18.8. The van der Waals surface area contributed by atoms with Crippen molar-refractivity contribution < 1.29 is 30.6 Å². The molecule has 0 aliphatic heterocycles. The molecule has 0 aliphatic carbocycles. The predicted molar refractivity (Wildman–Crippen MR) is 151 cm³/mol. The van der Waals surface area contributed by atoms with Crippen molar-refractivity contribution in [1.82, 2.24) is 15.0 Å². The Hall–Kier alpha value is -4.21. The Labute approximate surface area is 239 Å². The average Bonchev–Trinajstić information content (AvgIpc) is 3.59. The summed E-state index contributed by atoms with van der Waals surface area (Å²) in [5.41, 5.74) is 5.63. The molecule has 4 aromatic carbocycles. The molecule has 0 unspecified atom stereocenters. The Morgan fingerprint density at radius 2 is 1.64 bits per heavy atom. The summed E-state index contributed by atoms with van der Waals surface area (Å²) in [5.74, 6) is 0.904. The first-order valence-electron chi connectivity index (χ1n) is 12.8. The quantitative estimate of drug-likeness (QED) is 0.174. The van der Waals surface area contributed by atoms with Crippen molar-refractivity contribution in [2.45, 2.75) is 19.3 Å². The Morgan fingerprint density at radius 3 is 2.51 bits per heavy atom. The van der Waals surface area contributed by atoms with Gasteiger partial charge in [-0.15, -0.1) is 35.9 Å². The summed E-state index contributed by atoms with van der Waals surface area (Å²) in [5, 5.41) is 16.0. The van der Waals surface area contributed by atoms with Gasteiger partial charge in [0.25, 0.3) is 0 Å². The maximum atomic E-state index is 11.6. The second-order valence-corrected chi connectivity index (χ2v) is 9.52. The van der Waals surface area contributed by atoms with Crippen LogP contribution in [0.2, 0.25) is 0 Å². The van der Waals surface area contributed by atoms with Gasteiger partial charge in [-0.3, -0.25) is 9.97 Å². The number of nitrogens with zero attached hydrogens (tertiary/aromatic N) is 2. The van der Waals surface area contributed by atoms with E-state index in [1.54, 1.807) is 0 Å². The van der Waals surface area contributed by atoms with Crippen LogP contribution < -0.4 is 0 Å². The van der Waals surface area contributed by atoms with Gasteiger partial charge in [-0.25, -0.2) is 0 Å². The zero-order chi connectivity index (χ0) is 25.5. The molecule has 0 fully saturated rings. The second kappa shape index (κ2) is 10.5. The molecule has 0 bridgehead atoms. The zero-order valence-electron chi connectivity index (χ0n) is 20.9. The van der Waals surface area contributed by atoms with E-state index in [2.05, 4.69) is 46.4 Å². The molecule has 7 aromatic rings. The van der Waals surface area contributed by atoms with Crippen molar-refractivity contribution >= 4 is 32.7 Å². The maximum Gasteiger partial charge on any atom is 0.148 e. The molecule has 194 valence electrons. The number of H-pyrrole nitrogens is 1. The van der Waals surface area contributed by atoms with Crippen LogP contribution in [0.3, 0.4) is 0 Å². The molecular formula is C33H24N3O2Pt-. The van der Waals surface area contributed by atoms with Gasteiger partial charge in [0.2, 0.25) is 0 Å². The fourth-order valence-electron chi connectivity index (χ4n) is 5.31. The third-order valence-corrected chi connectivity index (χ3v) is 7.16. The number of aromatic amines is 1. The molecule has 39 heavy (non-hydrogen) atoms. The zero-order valence-corrected chi connectivity index (χ0v) is 23.2. The molecule has 0 radical (unpaired) electrons. The van der Waals surface area contributed by atoms with Crippen LogP contribution in [0.5, 0.6) is 5.75 Å². The van der Waals surface area contributed by atoms with Crippen LogP contribution in [0.1, 0.15) is 17.5 Å². The van der Waals surface area contributed by atoms with Crippen LogP contribution in [0.15, 0.2) is 102 Å². The largest absolute Gasteiger partial charge is 0.507 e. The third kappa shape index (κ3) is 4.53. The molecule has 2 N–H and O–H groups in total. The van der Waals surface area contributed by atoms with E-state index in [1.807, 2.05) is 67.1 Å². The Balaban J connectivity index is 0.00000277. The number of nitrogens with one attached hydrogen (secondary N) is 1. The fraction of sp³-hybridized carbons (Fsp3) is 0.0909. The SMILES string of the molecule is Oc1c(CCCc2cncc3ccccc23)cc2c(oc3ccccc32)c1-c1c[nH]c(-c2[c-]cccc2)n1.[Pt]. The number of fused-ring (bicyclic) bond motifs is 4. The monoisotopic (exact) mass is 689 g/mol. The number of benzene rings is 4. The van der Waals surface area contributed by atoms with E-state index in [9.17, 15) is 5.11 Å². The number of para-hydroxylation sites is 1. The van der Waals surface area contributed by atoms with Gasteiger partial charge < -0.3 is 14.5 Å². The van der Waals surface area contributed by atoms with Gasteiger partial charge in [0, 0.05) is 55.8 Å². The van der Waals surface area contributed by atoms with Crippen molar-refractivity contribution in [3.63, 3.8) is 0 Å². The Kier molecular flexibility index (Phi) is 6.76. The van der Waals surface area contributed by atoms with Crippen molar-refractivity contribution in [2.75, 3.05) is 0 Å². The van der Waals surface area contributed by atoms with Crippen molar-refractivity contribution in [2.24, 2.45) is 0 Å². The molecule has 0 saturated heterocycles. The number of aryl methyl sites for hydroxylation is 2. The van der Waals surface area contributed by atoms with Gasteiger partial charge in [0.15, 0.2) is 0 Å². The minimum absolute atomic E-state index is 0. The summed E-state index contributed by atoms with van der Waals surface area (Å²) in [4.78, 5) is 12.5. The number of phenolic OH excluding ortho intramolecular Hbond substituents is 1. The van der Waals surface area contributed by atoms with E-state index in [0.29, 0.717) is 29.1 Å². The Morgan fingerprint density at radius 1 is 0.846 bits per heavy atom. The molecule has 0 saturated carbocycles. The minimum Gasteiger partial charge on any atom is -0.507 e. The standard InChI is InChI=1S/C33H24N3O2.Pt/c37-31-22(12-8-13-24-19-34-18-23-11-4-5-14-25(23)24)17-27-26-15-6-7-16-29(26)38-32(27)30(31)28-20-35-33(36-28)21-9-2-1-3-10-21;/h1-7,9,11,14-20,37H,8,12-13H2,(H,35,36);/q-1;. The van der Waals surface area contributed by atoms with Crippen LogP contribution in [-0.2, 0) is 33.9 Å². The van der Waals surface area contributed by atoms with E-state index < -0.39 is 0 Å². The molecule has 0 aliphatic rings. The number of aromatic hydroxyl groups is 1. The van der Waals surface area contributed by atoms with E-state index in [4.69, 9.17) is 9.40 Å². The van der Waals surface area contributed by atoms with Gasteiger partial charge in [0.05, 0.1) is 17.1 Å². The van der Waals surface area contributed by atoms with Gasteiger partial charge in [0.1, 0.15) is 16.9 Å². The minimum atomic E-state index is 0. The smallest absolute Gasteiger partial charge is 0.148 e. The van der Waals surface area contributed by atoms with Crippen LogP contribution in [-0.4, -0.2) is 20.1 Å². The summed E-state index contributed by atoms with van der Waals surface area (Å²) in [6.45, 7) is 0. The van der Waals surface area contributed by atoms with Gasteiger partial charge in [-0.05, 0) is 47.9 Å². The van der Waals surface area contributed by atoms with Crippen molar-refractivity contribution in [3.8, 4) is 28.4 Å².